The zero-order valence-corrected chi connectivity index (χ0v) is 29.0. The summed E-state index contributed by atoms with van der Waals surface area (Å²) < 4.78 is 16.4. The fourth-order valence-electron chi connectivity index (χ4n) is 10.1. The minimum atomic E-state index is -0.445. The van der Waals surface area contributed by atoms with Crippen molar-refractivity contribution in [3.8, 4) is 22.6 Å². The molecule has 5 unspecified atom stereocenters. The lowest BCUT2D eigenvalue weighted by Crippen LogP contribution is -2.58. The summed E-state index contributed by atoms with van der Waals surface area (Å²) in [6.45, 7) is 0. The van der Waals surface area contributed by atoms with E-state index in [2.05, 4.69) is 168 Å². The van der Waals surface area contributed by atoms with E-state index >= 15 is 0 Å². The molecule has 52 heavy (non-hydrogen) atoms. The molecule has 0 bridgehead atoms. The normalized spacial score (nSPS) is 26.2. The van der Waals surface area contributed by atoms with E-state index in [1.807, 2.05) is 0 Å². The standard InChI is InChI=1S/C49H39NO2/c1-3-14-32(15-4-1)33-26-28-46-40(30-33)49(38-20-8-11-24-44(38)51-46)39-21-9-12-25-45(39)52-47-29-27-34(31-41(47)49)36-19-13-23-43-48(36)37-18-7-10-22-42(37)50(43)35-16-5-2-6-17-35/h1,3-5,8-17,19-31,38,40,44,46H,2,6-7,18H2. The Morgan fingerprint density at radius 1 is 0.654 bits per heavy atom. The van der Waals surface area contributed by atoms with Gasteiger partial charge in [-0.15, -0.1) is 0 Å². The van der Waals surface area contributed by atoms with Gasteiger partial charge in [-0.2, -0.15) is 0 Å². The Morgan fingerprint density at radius 2 is 1.50 bits per heavy atom. The average Bonchev–Trinajstić information content (AvgIpc) is 3.56. The molecular weight excluding hydrogens is 635 g/mol. The van der Waals surface area contributed by atoms with Gasteiger partial charge >= 0.3 is 0 Å². The third-order valence-electron chi connectivity index (χ3n) is 12.2. The number of fused-ring (bicyclic) bond motifs is 11. The van der Waals surface area contributed by atoms with E-state index < -0.39 is 5.41 Å². The number of hydrogen-bond donors (Lipinski definition) is 0. The van der Waals surface area contributed by atoms with Gasteiger partial charge in [0.2, 0.25) is 0 Å². The molecule has 6 aliphatic rings. The molecule has 0 saturated carbocycles. The maximum absolute atomic E-state index is 7.00. The molecule has 2 aliphatic heterocycles. The van der Waals surface area contributed by atoms with Gasteiger partial charge in [0.05, 0.1) is 17.7 Å². The molecule has 4 aromatic carbocycles. The summed E-state index contributed by atoms with van der Waals surface area (Å²) in [5.74, 6) is 1.96. The highest BCUT2D eigenvalue weighted by atomic mass is 16.5. The van der Waals surface area contributed by atoms with Crippen LogP contribution in [-0.4, -0.2) is 16.8 Å². The van der Waals surface area contributed by atoms with Crippen molar-refractivity contribution in [2.75, 3.05) is 0 Å². The van der Waals surface area contributed by atoms with Crippen LogP contribution in [0.3, 0.4) is 0 Å². The van der Waals surface area contributed by atoms with E-state index in [0.29, 0.717) is 0 Å². The van der Waals surface area contributed by atoms with Crippen LogP contribution in [0.15, 0.2) is 158 Å². The molecule has 1 aromatic heterocycles. The second-order valence-electron chi connectivity index (χ2n) is 14.9. The van der Waals surface area contributed by atoms with Crippen LogP contribution >= 0.6 is 0 Å². The molecule has 1 fully saturated rings. The maximum atomic E-state index is 7.00. The van der Waals surface area contributed by atoms with Gasteiger partial charge in [-0.05, 0) is 89.9 Å². The second-order valence-corrected chi connectivity index (χ2v) is 14.9. The average molecular weight is 674 g/mol. The van der Waals surface area contributed by atoms with Crippen molar-refractivity contribution >= 4 is 28.2 Å². The third-order valence-corrected chi connectivity index (χ3v) is 12.2. The van der Waals surface area contributed by atoms with Gasteiger partial charge in [0.15, 0.2) is 0 Å². The molecule has 1 spiro atoms. The van der Waals surface area contributed by atoms with E-state index in [9.17, 15) is 0 Å². The first-order valence-electron chi connectivity index (χ1n) is 18.9. The van der Waals surface area contributed by atoms with Crippen molar-refractivity contribution in [3.05, 3.63) is 186 Å². The van der Waals surface area contributed by atoms with Gasteiger partial charge in [0.25, 0.3) is 0 Å². The highest BCUT2D eigenvalue weighted by Crippen LogP contribution is 2.62. The van der Waals surface area contributed by atoms with Gasteiger partial charge in [-0.1, -0.05) is 127 Å². The molecule has 3 heteroatoms. The summed E-state index contributed by atoms with van der Waals surface area (Å²) in [4.78, 5) is 0. The van der Waals surface area contributed by atoms with E-state index in [0.717, 1.165) is 37.2 Å². The SMILES string of the molecule is C1=CC2OC3C=CC(c4ccccc4)=CC3C3(c4ccccc4Oc4ccc(-c5cccc6c5c5c(n6C6=CCCC=C6)C=CCC5)cc43)C2C=C1. The quantitative estimate of drug-likeness (QED) is 0.190. The summed E-state index contributed by atoms with van der Waals surface area (Å²) in [6.07, 6.45) is 31.9. The highest BCUT2D eigenvalue weighted by molar-refractivity contribution is 6.03. The first-order valence-corrected chi connectivity index (χ1v) is 18.9. The summed E-state index contributed by atoms with van der Waals surface area (Å²) in [7, 11) is 0. The first kappa shape index (κ1) is 30.0. The third kappa shape index (κ3) is 4.29. The van der Waals surface area contributed by atoms with Crippen LogP contribution in [0.1, 0.15) is 47.2 Å². The van der Waals surface area contributed by atoms with E-state index in [1.165, 1.54) is 61.2 Å². The Balaban J connectivity index is 1.18. The zero-order chi connectivity index (χ0) is 34.2. The molecule has 4 aliphatic carbocycles. The zero-order valence-electron chi connectivity index (χ0n) is 29.0. The predicted octanol–water partition coefficient (Wildman–Crippen LogP) is 11.6. The minimum absolute atomic E-state index is 0.0314. The van der Waals surface area contributed by atoms with Crippen LogP contribution in [0.5, 0.6) is 11.5 Å². The molecule has 5 atom stereocenters. The Labute approximate surface area is 304 Å². The summed E-state index contributed by atoms with van der Waals surface area (Å²) in [6, 6.07) is 33.4. The minimum Gasteiger partial charge on any atom is -0.457 e. The number of nitrogens with zero attached hydrogens (tertiary/aromatic N) is 1. The lowest BCUT2D eigenvalue weighted by Gasteiger charge is -2.57. The largest absolute Gasteiger partial charge is 0.457 e. The Morgan fingerprint density at radius 3 is 2.42 bits per heavy atom. The molecular formula is C49H39NO2. The lowest BCUT2D eigenvalue weighted by atomic mass is 9.52. The van der Waals surface area contributed by atoms with Crippen LogP contribution in [0, 0.1) is 11.8 Å². The molecule has 252 valence electrons. The number of hydrogen-bond acceptors (Lipinski definition) is 2. The van der Waals surface area contributed by atoms with Gasteiger partial charge in [-0.25, -0.2) is 0 Å². The number of aryl methyl sites for hydroxylation is 1. The van der Waals surface area contributed by atoms with E-state index in [-0.39, 0.29) is 24.0 Å². The lowest BCUT2D eigenvalue weighted by molar-refractivity contribution is -0.0835. The fraction of sp³-hybridized carbons (Fsp3) is 0.184. The Bertz CT molecular complexity index is 2500. The van der Waals surface area contributed by atoms with Crippen LogP contribution in [0.2, 0.25) is 0 Å². The monoisotopic (exact) mass is 673 g/mol. The molecule has 3 nitrogen and oxygen atoms in total. The summed E-state index contributed by atoms with van der Waals surface area (Å²) >= 11 is 0. The van der Waals surface area contributed by atoms with Crippen LogP contribution < -0.4 is 4.74 Å². The molecule has 0 amide bonds. The molecule has 0 N–H and O–H groups in total. The van der Waals surface area contributed by atoms with Crippen molar-refractivity contribution in [3.63, 3.8) is 0 Å². The number of aromatic nitrogens is 1. The number of para-hydroxylation sites is 1. The predicted molar refractivity (Wildman–Crippen MR) is 212 cm³/mol. The van der Waals surface area contributed by atoms with Gasteiger partial charge in [-0.3, -0.25) is 0 Å². The van der Waals surface area contributed by atoms with Crippen molar-refractivity contribution in [2.24, 2.45) is 11.8 Å². The fourth-order valence-corrected chi connectivity index (χ4v) is 10.1. The summed E-state index contributed by atoms with van der Waals surface area (Å²) in [5, 5.41) is 1.36. The van der Waals surface area contributed by atoms with Crippen molar-refractivity contribution in [1.82, 2.24) is 4.57 Å². The number of ether oxygens (including phenoxy) is 2. The molecule has 0 radical (unpaired) electrons. The number of benzene rings is 4. The van der Waals surface area contributed by atoms with Crippen LogP contribution in [-0.2, 0) is 16.6 Å². The van der Waals surface area contributed by atoms with Crippen molar-refractivity contribution in [2.45, 2.75) is 43.3 Å². The molecule has 3 heterocycles. The van der Waals surface area contributed by atoms with Crippen LogP contribution in [0.4, 0.5) is 0 Å². The smallest absolute Gasteiger partial charge is 0.131 e. The maximum Gasteiger partial charge on any atom is 0.131 e. The first-order chi connectivity index (χ1) is 25.8. The number of rotatable bonds is 3. The van der Waals surface area contributed by atoms with E-state index in [4.69, 9.17) is 9.47 Å². The second kappa shape index (κ2) is 11.7. The van der Waals surface area contributed by atoms with Crippen molar-refractivity contribution < 1.29 is 9.47 Å². The topological polar surface area (TPSA) is 23.4 Å². The molecule has 11 rings (SSSR count). The summed E-state index contributed by atoms with van der Waals surface area (Å²) in [5.41, 5.74) is 12.3. The van der Waals surface area contributed by atoms with Gasteiger partial charge in [0, 0.05) is 45.2 Å². The van der Waals surface area contributed by atoms with E-state index in [1.54, 1.807) is 0 Å². The van der Waals surface area contributed by atoms with Gasteiger partial charge < -0.3 is 14.0 Å². The molecule has 1 saturated heterocycles. The molecule has 5 aromatic rings. The Kier molecular flexibility index (Phi) is 6.75. The highest BCUT2D eigenvalue weighted by Gasteiger charge is 2.59. The van der Waals surface area contributed by atoms with Crippen molar-refractivity contribution in [1.29, 1.82) is 0 Å². The Hall–Kier alpha value is -5.64. The van der Waals surface area contributed by atoms with Crippen LogP contribution in [0.25, 0.3) is 39.4 Å². The number of allylic oxidation sites excluding steroid dienone is 9. The van der Waals surface area contributed by atoms with Gasteiger partial charge in [0.1, 0.15) is 11.5 Å².